The monoisotopic (exact) mass is 268 g/mol. The fourth-order valence-corrected chi connectivity index (χ4v) is 2.31. The van der Waals surface area contributed by atoms with E-state index in [2.05, 4.69) is 54.4 Å². The highest BCUT2D eigenvalue weighted by Crippen LogP contribution is 2.08. The summed E-state index contributed by atoms with van der Waals surface area (Å²) in [5.74, 6) is 0. The van der Waals surface area contributed by atoms with Crippen molar-refractivity contribution in [1.82, 2.24) is 4.90 Å². The maximum atomic E-state index is 5.69. The lowest BCUT2D eigenvalue weighted by molar-refractivity contribution is 0.333. The molecule has 0 bridgehead atoms. The maximum Gasteiger partial charge on any atom is 0.0314 e. The molecule has 0 aliphatic carbocycles. The Labute approximate surface area is 122 Å². The molecule has 0 unspecified atom stereocenters. The number of benzene rings is 2. The van der Waals surface area contributed by atoms with Crippen molar-refractivity contribution in [1.29, 1.82) is 0 Å². The third-order valence-corrected chi connectivity index (χ3v) is 3.61. The van der Waals surface area contributed by atoms with Gasteiger partial charge in [0, 0.05) is 12.2 Å². The highest BCUT2D eigenvalue weighted by Gasteiger charge is 2.00. The molecule has 0 aliphatic heterocycles. The molecule has 2 aromatic carbocycles. The third kappa shape index (κ3) is 5.06. The minimum atomic E-state index is 0.841. The Morgan fingerprint density at radius 2 is 1.45 bits per heavy atom. The van der Waals surface area contributed by atoms with E-state index < -0.39 is 0 Å². The summed E-state index contributed by atoms with van der Waals surface area (Å²) in [5, 5.41) is 0. The average Bonchev–Trinajstić information content (AvgIpc) is 2.48. The summed E-state index contributed by atoms with van der Waals surface area (Å²) in [5.41, 5.74) is 9.32. The minimum absolute atomic E-state index is 0.841. The van der Waals surface area contributed by atoms with Gasteiger partial charge >= 0.3 is 0 Å². The van der Waals surface area contributed by atoms with Crippen molar-refractivity contribution < 1.29 is 0 Å². The van der Waals surface area contributed by atoms with Gasteiger partial charge in [0.15, 0.2) is 0 Å². The highest BCUT2D eigenvalue weighted by molar-refractivity contribution is 5.39. The van der Waals surface area contributed by atoms with E-state index in [-0.39, 0.29) is 0 Å². The number of likely N-dealkylation sites (N-methyl/N-ethyl adjacent to an activating group) is 1. The van der Waals surface area contributed by atoms with Crippen LogP contribution in [0.1, 0.15) is 17.5 Å². The number of hydrogen-bond donors (Lipinski definition) is 1. The Bertz CT molecular complexity index is 491. The average molecular weight is 268 g/mol. The zero-order chi connectivity index (χ0) is 14.2. The van der Waals surface area contributed by atoms with E-state index in [1.807, 2.05) is 12.1 Å². The summed E-state index contributed by atoms with van der Waals surface area (Å²) < 4.78 is 0. The van der Waals surface area contributed by atoms with Gasteiger partial charge in [-0.15, -0.1) is 0 Å². The van der Waals surface area contributed by atoms with Crippen molar-refractivity contribution in [2.75, 3.05) is 25.9 Å². The minimum Gasteiger partial charge on any atom is -0.399 e. The van der Waals surface area contributed by atoms with E-state index in [0.717, 1.165) is 31.6 Å². The second-order valence-corrected chi connectivity index (χ2v) is 5.38. The highest BCUT2D eigenvalue weighted by atomic mass is 15.1. The lowest BCUT2D eigenvalue weighted by atomic mass is 10.1. The van der Waals surface area contributed by atoms with Crippen LogP contribution in [0.2, 0.25) is 0 Å². The Balaban J connectivity index is 1.65. The second-order valence-electron chi connectivity index (χ2n) is 5.38. The number of hydrogen-bond acceptors (Lipinski definition) is 2. The number of anilines is 1. The van der Waals surface area contributed by atoms with Gasteiger partial charge in [-0.25, -0.2) is 0 Å². The largest absolute Gasteiger partial charge is 0.399 e. The Morgan fingerprint density at radius 3 is 2.15 bits per heavy atom. The zero-order valence-electron chi connectivity index (χ0n) is 12.3. The summed E-state index contributed by atoms with van der Waals surface area (Å²) in [6.45, 7) is 2.25. The zero-order valence-corrected chi connectivity index (χ0v) is 12.3. The molecule has 2 N–H and O–H groups in total. The van der Waals surface area contributed by atoms with Crippen LogP contribution in [0, 0.1) is 0 Å². The van der Waals surface area contributed by atoms with Crippen LogP contribution in [-0.2, 0) is 12.8 Å². The predicted octanol–water partition coefficient (Wildman–Crippen LogP) is 3.38. The van der Waals surface area contributed by atoms with Gasteiger partial charge in [0.1, 0.15) is 0 Å². The molecule has 20 heavy (non-hydrogen) atoms. The smallest absolute Gasteiger partial charge is 0.0314 e. The maximum absolute atomic E-state index is 5.69. The molecule has 106 valence electrons. The first-order valence-corrected chi connectivity index (χ1v) is 7.31. The fraction of sp³-hybridized carbons (Fsp3) is 0.333. The van der Waals surface area contributed by atoms with Crippen LogP contribution in [0.5, 0.6) is 0 Å². The van der Waals surface area contributed by atoms with Gasteiger partial charge in [-0.2, -0.15) is 0 Å². The van der Waals surface area contributed by atoms with Gasteiger partial charge in [0.05, 0.1) is 0 Å². The van der Waals surface area contributed by atoms with Crippen LogP contribution in [0.4, 0.5) is 5.69 Å². The summed E-state index contributed by atoms with van der Waals surface area (Å²) in [4.78, 5) is 2.41. The Hall–Kier alpha value is -1.80. The van der Waals surface area contributed by atoms with Crippen molar-refractivity contribution in [2.24, 2.45) is 0 Å². The van der Waals surface area contributed by atoms with Crippen LogP contribution < -0.4 is 5.73 Å². The van der Waals surface area contributed by atoms with Crippen molar-refractivity contribution in [3.05, 3.63) is 65.7 Å². The number of nitrogens with two attached hydrogens (primary N) is 1. The first-order valence-electron chi connectivity index (χ1n) is 7.31. The molecule has 0 radical (unpaired) electrons. The predicted molar refractivity (Wildman–Crippen MR) is 86.8 cm³/mol. The lowest BCUT2D eigenvalue weighted by Gasteiger charge is -2.16. The van der Waals surface area contributed by atoms with Crippen LogP contribution >= 0.6 is 0 Å². The molecule has 2 nitrogen and oxygen atoms in total. The molecule has 0 heterocycles. The molecule has 0 aliphatic rings. The van der Waals surface area contributed by atoms with E-state index in [4.69, 9.17) is 5.73 Å². The topological polar surface area (TPSA) is 29.3 Å². The SMILES string of the molecule is CN(CCCc1ccc(N)cc1)CCc1ccccc1. The third-order valence-electron chi connectivity index (χ3n) is 3.61. The van der Waals surface area contributed by atoms with Crippen molar-refractivity contribution in [2.45, 2.75) is 19.3 Å². The molecular weight excluding hydrogens is 244 g/mol. The van der Waals surface area contributed by atoms with Gasteiger partial charge < -0.3 is 10.6 Å². The molecule has 0 saturated heterocycles. The summed E-state index contributed by atoms with van der Waals surface area (Å²) in [6, 6.07) is 18.9. The van der Waals surface area contributed by atoms with E-state index in [9.17, 15) is 0 Å². The van der Waals surface area contributed by atoms with Gasteiger partial charge in [-0.1, -0.05) is 42.5 Å². The van der Waals surface area contributed by atoms with E-state index in [1.54, 1.807) is 0 Å². The molecule has 2 heteroatoms. The number of rotatable bonds is 7. The van der Waals surface area contributed by atoms with Crippen molar-refractivity contribution >= 4 is 5.69 Å². The number of aryl methyl sites for hydroxylation is 1. The number of nitrogens with zero attached hydrogens (tertiary/aromatic N) is 1. The van der Waals surface area contributed by atoms with Gasteiger partial charge in [0.2, 0.25) is 0 Å². The molecule has 2 rings (SSSR count). The first-order chi connectivity index (χ1) is 9.74. The molecule has 0 saturated carbocycles. The molecule has 0 aromatic heterocycles. The van der Waals surface area contributed by atoms with Crippen molar-refractivity contribution in [3.8, 4) is 0 Å². The normalized spacial score (nSPS) is 10.9. The van der Waals surface area contributed by atoms with Gasteiger partial charge in [-0.3, -0.25) is 0 Å². The molecule has 0 spiro atoms. The quantitative estimate of drug-likeness (QED) is 0.780. The van der Waals surface area contributed by atoms with Crippen LogP contribution in [0.15, 0.2) is 54.6 Å². The summed E-state index contributed by atoms with van der Waals surface area (Å²) in [6.07, 6.45) is 3.43. The first kappa shape index (κ1) is 14.6. The van der Waals surface area contributed by atoms with Crippen LogP contribution in [-0.4, -0.2) is 25.0 Å². The van der Waals surface area contributed by atoms with E-state index in [1.165, 1.54) is 17.5 Å². The molecule has 2 aromatic rings. The summed E-state index contributed by atoms with van der Waals surface area (Å²) >= 11 is 0. The van der Waals surface area contributed by atoms with E-state index >= 15 is 0 Å². The second kappa shape index (κ2) is 7.71. The summed E-state index contributed by atoms with van der Waals surface area (Å²) in [7, 11) is 2.20. The molecule has 0 amide bonds. The van der Waals surface area contributed by atoms with Crippen molar-refractivity contribution in [3.63, 3.8) is 0 Å². The van der Waals surface area contributed by atoms with Gasteiger partial charge in [-0.05, 0) is 56.1 Å². The van der Waals surface area contributed by atoms with E-state index in [0.29, 0.717) is 0 Å². The lowest BCUT2D eigenvalue weighted by Crippen LogP contribution is -2.22. The van der Waals surface area contributed by atoms with Gasteiger partial charge in [0.25, 0.3) is 0 Å². The molecular formula is C18H24N2. The Morgan fingerprint density at radius 1 is 0.800 bits per heavy atom. The number of nitrogen functional groups attached to an aromatic ring is 1. The standard InChI is InChI=1S/C18H24N2/c1-20(15-13-16-6-3-2-4-7-16)14-5-8-17-9-11-18(19)12-10-17/h2-4,6-7,9-12H,5,8,13-15,19H2,1H3. The van der Waals surface area contributed by atoms with Crippen LogP contribution in [0.3, 0.4) is 0 Å². The molecule has 0 atom stereocenters. The fourth-order valence-electron chi connectivity index (χ4n) is 2.31. The van der Waals surface area contributed by atoms with Crippen LogP contribution in [0.25, 0.3) is 0 Å². The Kier molecular flexibility index (Phi) is 5.63. The molecule has 0 fully saturated rings.